The number of aromatic amines is 1. The number of hydrogen-bond acceptors (Lipinski definition) is 3. The Kier molecular flexibility index (Phi) is 5.67. The van der Waals surface area contributed by atoms with Gasteiger partial charge in [0.25, 0.3) is 11.7 Å². The van der Waals surface area contributed by atoms with Crippen molar-refractivity contribution in [2.45, 2.75) is 26.4 Å². The van der Waals surface area contributed by atoms with Crippen LogP contribution in [0.1, 0.15) is 32.6 Å². The minimum atomic E-state index is -4.44. The number of carbonyl (C=O) groups is 1. The number of nitrogens with zero attached hydrogens (tertiary/aromatic N) is 2. The molecule has 146 valence electrons. The summed E-state index contributed by atoms with van der Waals surface area (Å²) in [7, 11) is 0. The Morgan fingerprint density at radius 3 is 2.44 bits per heavy atom. The predicted octanol–water partition coefficient (Wildman–Crippen LogP) is 4.07. The van der Waals surface area contributed by atoms with Gasteiger partial charge in [0, 0.05) is 4.88 Å². The Balaban J connectivity index is 1.67. The Bertz CT molecular complexity index is 845. The molecule has 0 spiro atoms. The number of halogens is 4. The first-order valence-corrected chi connectivity index (χ1v) is 9.82. The van der Waals surface area contributed by atoms with Crippen molar-refractivity contribution in [1.29, 1.82) is 0 Å². The lowest BCUT2D eigenvalue weighted by molar-refractivity contribution is -0.367. The van der Waals surface area contributed by atoms with Gasteiger partial charge in [0.1, 0.15) is 24.3 Å². The smallest absolute Gasteiger partial charge is 0.330 e. The summed E-state index contributed by atoms with van der Waals surface area (Å²) in [6, 6.07) is 2.85. The average Bonchev–Trinajstić information content (AvgIpc) is 3.01. The molecular formula is C18H20ClF3N3OS+. The monoisotopic (exact) mass is 418 g/mol. The zero-order valence-electron chi connectivity index (χ0n) is 15.0. The molecular weight excluding hydrogens is 399 g/mol. The van der Waals surface area contributed by atoms with Gasteiger partial charge in [-0.15, -0.1) is 11.3 Å². The molecule has 9 heteroatoms. The number of pyridine rings is 1. The van der Waals surface area contributed by atoms with Gasteiger partial charge in [0.15, 0.2) is 0 Å². The predicted molar refractivity (Wildman–Crippen MR) is 99.6 cm³/mol. The van der Waals surface area contributed by atoms with E-state index in [4.69, 9.17) is 11.6 Å². The second-order valence-corrected chi connectivity index (χ2v) is 7.98. The Hall–Kier alpha value is -1.80. The van der Waals surface area contributed by atoms with Crippen LogP contribution in [-0.2, 0) is 12.6 Å². The molecule has 3 rings (SSSR count). The number of H-pyrrole nitrogens is 1. The lowest BCUT2D eigenvalue weighted by Crippen LogP contribution is -2.50. The van der Waals surface area contributed by atoms with Gasteiger partial charge in [0.05, 0.1) is 23.5 Å². The van der Waals surface area contributed by atoms with Gasteiger partial charge >= 0.3 is 6.18 Å². The molecule has 0 aromatic carbocycles. The van der Waals surface area contributed by atoms with Crippen molar-refractivity contribution in [3.63, 3.8) is 0 Å². The van der Waals surface area contributed by atoms with E-state index in [-0.39, 0.29) is 10.9 Å². The van der Waals surface area contributed by atoms with Crippen LogP contribution in [0.2, 0.25) is 5.02 Å². The van der Waals surface area contributed by atoms with Gasteiger partial charge in [0.2, 0.25) is 0 Å². The summed E-state index contributed by atoms with van der Waals surface area (Å²) in [6.45, 7) is 6.05. The highest BCUT2D eigenvalue weighted by Crippen LogP contribution is 2.32. The number of aryl methyl sites for hydroxylation is 2. The molecule has 1 fully saturated rings. The summed E-state index contributed by atoms with van der Waals surface area (Å²) >= 11 is 7.57. The molecule has 0 unspecified atom stereocenters. The molecule has 1 aliphatic heterocycles. The molecule has 0 bridgehead atoms. The summed E-state index contributed by atoms with van der Waals surface area (Å²) in [5, 5.41) is 0.0195. The van der Waals surface area contributed by atoms with Crippen molar-refractivity contribution < 1.29 is 22.9 Å². The van der Waals surface area contributed by atoms with Gasteiger partial charge in [-0.1, -0.05) is 18.5 Å². The van der Waals surface area contributed by atoms with Gasteiger partial charge < -0.3 is 4.90 Å². The number of hydrogen-bond donors (Lipinski definition) is 0. The second kappa shape index (κ2) is 7.67. The quantitative estimate of drug-likeness (QED) is 0.753. The zero-order chi connectivity index (χ0) is 19.8. The second-order valence-electron chi connectivity index (χ2n) is 6.43. The highest BCUT2D eigenvalue weighted by atomic mass is 35.5. The molecule has 0 atom stereocenters. The molecule has 3 heterocycles. The van der Waals surface area contributed by atoms with Crippen LogP contribution < -0.4 is 9.88 Å². The van der Waals surface area contributed by atoms with Gasteiger partial charge in [-0.2, -0.15) is 13.2 Å². The number of aromatic nitrogens is 1. The highest BCUT2D eigenvalue weighted by Gasteiger charge is 2.35. The molecule has 2 aromatic heterocycles. The Morgan fingerprint density at radius 1 is 1.26 bits per heavy atom. The standard InChI is InChI=1S/C18H19ClF3N3OS/c1-3-14-11(2)8-15(27-14)17(26)25-6-4-24(5-7-25)16-13(19)9-12(10-23-16)18(20,21)22/h8-10H,3-7H2,1-2H3/p+1. The number of rotatable bonds is 3. The number of amides is 1. The summed E-state index contributed by atoms with van der Waals surface area (Å²) < 4.78 is 38.3. The summed E-state index contributed by atoms with van der Waals surface area (Å²) in [6.07, 6.45) is -2.63. The van der Waals surface area contributed by atoms with Crippen molar-refractivity contribution in [2.75, 3.05) is 31.1 Å². The van der Waals surface area contributed by atoms with Gasteiger partial charge in [-0.3, -0.25) is 9.69 Å². The zero-order valence-corrected chi connectivity index (χ0v) is 16.6. The summed E-state index contributed by atoms with van der Waals surface area (Å²) in [4.78, 5) is 20.9. The summed E-state index contributed by atoms with van der Waals surface area (Å²) in [5.74, 6) is 0.446. The molecule has 1 aliphatic rings. The van der Waals surface area contributed by atoms with E-state index in [0.717, 1.165) is 29.1 Å². The van der Waals surface area contributed by atoms with Gasteiger partial charge in [-0.25, -0.2) is 4.98 Å². The van der Waals surface area contributed by atoms with E-state index < -0.39 is 11.7 Å². The molecule has 0 saturated carbocycles. The maximum Gasteiger partial charge on any atom is 0.419 e. The van der Waals surface area contributed by atoms with E-state index in [2.05, 4.69) is 11.9 Å². The Labute approximate surface area is 164 Å². The van der Waals surface area contributed by atoms with E-state index >= 15 is 0 Å². The fraction of sp³-hybridized carbons (Fsp3) is 0.444. The number of thiophene rings is 1. The van der Waals surface area contributed by atoms with Crippen LogP contribution in [0.3, 0.4) is 0 Å². The highest BCUT2D eigenvalue weighted by molar-refractivity contribution is 7.14. The number of piperazine rings is 1. The summed E-state index contributed by atoms with van der Waals surface area (Å²) in [5.41, 5.74) is 0.320. The lowest BCUT2D eigenvalue weighted by Gasteiger charge is -2.31. The number of alkyl halides is 3. The number of nitrogens with one attached hydrogen (secondary N) is 1. The van der Waals surface area contributed by atoms with E-state index in [1.165, 1.54) is 16.2 Å². The number of carbonyl (C=O) groups excluding carboxylic acids is 1. The van der Waals surface area contributed by atoms with Crippen molar-refractivity contribution in [1.82, 2.24) is 4.90 Å². The van der Waals surface area contributed by atoms with Crippen LogP contribution >= 0.6 is 22.9 Å². The van der Waals surface area contributed by atoms with Crippen LogP contribution in [0.15, 0.2) is 18.3 Å². The minimum Gasteiger partial charge on any atom is -0.330 e. The average molecular weight is 419 g/mol. The van der Waals surface area contributed by atoms with Gasteiger partial charge in [-0.05, 0) is 31.0 Å². The third-order valence-corrected chi connectivity index (χ3v) is 6.29. The SMILES string of the molecule is CCc1sc(C(=O)N2CCN(c3[nH+]cc(C(F)(F)F)cc3Cl)CC2)cc1C. The molecule has 2 aromatic rings. The van der Waals surface area contributed by atoms with Crippen molar-refractivity contribution in [2.24, 2.45) is 0 Å². The van der Waals surface area contributed by atoms with Crippen LogP contribution in [0, 0.1) is 6.92 Å². The molecule has 1 N–H and O–H groups in total. The van der Waals surface area contributed by atoms with E-state index in [0.29, 0.717) is 32.0 Å². The molecule has 0 radical (unpaired) electrons. The third kappa shape index (κ3) is 4.21. The first-order chi connectivity index (χ1) is 12.7. The van der Waals surface area contributed by atoms with Crippen LogP contribution in [0.4, 0.5) is 19.0 Å². The molecule has 1 amide bonds. The first kappa shape index (κ1) is 19.9. The van der Waals surface area contributed by atoms with Crippen LogP contribution in [0.25, 0.3) is 0 Å². The normalized spacial score (nSPS) is 15.3. The van der Waals surface area contributed by atoms with Crippen molar-refractivity contribution in [3.05, 3.63) is 44.2 Å². The maximum absolute atomic E-state index is 12.8. The van der Waals surface area contributed by atoms with Crippen molar-refractivity contribution >= 4 is 34.7 Å². The largest absolute Gasteiger partial charge is 0.419 e. The molecule has 4 nitrogen and oxygen atoms in total. The molecule has 1 saturated heterocycles. The van der Waals surface area contributed by atoms with Crippen LogP contribution in [-0.4, -0.2) is 37.0 Å². The lowest BCUT2D eigenvalue weighted by atomic mass is 10.2. The Morgan fingerprint density at radius 2 is 1.93 bits per heavy atom. The van der Waals surface area contributed by atoms with E-state index in [1.54, 1.807) is 4.90 Å². The fourth-order valence-electron chi connectivity index (χ4n) is 3.13. The van der Waals surface area contributed by atoms with E-state index in [1.807, 2.05) is 17.9 Å². The third-order valence-electron chi connectivity index (χ3n) is 4.64. The topological polar surface area (TPSA) is 37.7 Å². The molecule has 27 heavy (non-hydrogen) atoms. The van der Waals surface area contributed by atoms with E-state index in [9.17, 15) is 18.0 Å². The van der Waals surface area contributed by atoms with Crippen molar-refractivity contribution in [3.8, 4) is 0 Å². The number of anilines is 1. The molecule has 0 aliphatic carbocycles. The minimum absolute atomic E-state index is 0.00458. The first-order valence-electron chi connectivity index (χ1n) is 8.62. The maximum atomic E-state index is 12.8. The van der Waals surface area contributed by atoms with Crippen LogP contribution in [0.5, 0.6) is 0 Å². The fourth-order valence-corrected chi connectivity index (χ4v) is 4.51.